The highest BCUT2D eigenvalue weighted by molar-refractivity contribution is 5.95. The first-order valence-corrected chi connectivity index (χ1v) is 2.96. The van der Waals surface area contributed by atoms with Crippen LogP contribution in [0.15, 0.2) is 9.98 Å². The molecular weight excluding hydrogens is 119 g/mol. The van der Waals surface area contributed by atoms with Gasteiger partial charge in [0.1, 0.15) is 0 Å². The molecule has 0 N–H and O–H groups in total. The molecule has 0 aromatic rings. The lowest BCUT2D eigenvalue weighted by Crippen LogP contribution is -2.12. The van der Waals surface area contributed by atoms with Gasteiger partial charge in [0.25, 0.3) is 0 Å². The van der Waals surface area contributed by atoms with Crippen LogP contribution in [0.5, 0.6) is 0 Å². The van der Waals surface area contributed by atoms with Gasteiger partial charge in [-0.2, -0.15) is 4.39 Å². The topological polar surface area (TPSA) is 24.7 Å². The zero-order valence-electron chi connectivity index (χ0n) is 5.56. The number of hydrogen-bond acceptors (Lipinski definition) is 2. The Morgan fingerprint density at radius 3 is 2.78 bits per heavy atom. The van der Waals surface area contributed by atoms with Crippen molar-refractivity contribution in [3.8, 4) is 0 Å². The first-order valence-electron chi connectivity index (χ1n) is 2.96. The fourth-order valence-electron chi connectivity index (χ4n) is 0.887. The summed E-state index contributed by atoms with van der Waals surface area (Å²) in [6.45, 7) is 3.68. The fourth-order valence-corrected chi connectivity index (χ4v) is 0.887. The molecule has 0 saturated carbocycles. The predicted molar refractivity (Wildman–Crippen MR) is 35.7 cm³/mol. The second kappa shape index (κ2) is 2.25. The zero-order chi connectivity index (χ0) is 6.85. The molecule has 50 valence electrons. The molecule has 9 heavy (non-hydrogen) atoms. The second-order valence-electron chi connectivity index (χ2n) is 2.30. The van der Waals surface area contributed by atoms with Gasteiger partial charge in [0, 0.05) is 12.1 Å². The van der Waals surface area contributed by atoms with Crippen molar-refractivity contribution in [1.82, 2.24) is 0 Å². The minimum atomic E-state index is -0.578. The molecule has 0 bridgehead atoms. The molecule has 3 heteroatoms. The van der Waals surface area contributed by atoms with E-state index >= 15 is 0 Å². The van der Waals surface area contributed by atoms with E-state index in [1.165, 1.54) is 0 Å². The van der Waals surface area contributed by atoms with Gasteiger partial charge >= 0.3 is 6.09 Å². The van der Waals surface area contributed by atoms with Gasteiger partial charge in [-0.3, -0.25) is 0 Å². The van der Waals surface area contributed by atoms with Gasteiger partial charge < -0.3 is 0 Å². The van der Waals surface area contributed by atoms with Crippen molar-refractivity contribution in [2.45, 2.75) is 26.3 Å². The van der Waals surface area contributed by atoms with E-state index < -0.39 is 6.09 Å². The summed E-state index contributed by atoms with van der Waals surface area (Å²) in [6, 6.07) is 0.0718. The molecule has 1 rings (SSSR count). The summed E-state index contributed by atoms with van der Waals surface area (Å²) in [7, 11) is 0. The predicted octanol–water partition coefficient (Wildman–Crippen LogP) is 1.56. The third-order valence-corrected chi connectivity index (χ3v) is 1.20. The Hall–Kier alpha value is -0.730. The maximum Gasteiger partial charge on any atom is 0.304 e. The smallest absolute Gasteiger partial charge is 0.237 e. The minimum absolute atomic E-state index is 0.0718. The maximum atomic E-state index is 12.2. The summed E-state index contributed by atoms with van der Waals surface area (Å²) in [5.41, 5.74) is 0.829. The molecule has 0 amide bonds. The maximum absolute atomic E-state index is 12.2. The molecule has 0 aliphatic carbocycles. The SMILES string of the molecule is CC1=NC(F)=N[C@@H](C)C1. The fraction of sp³-hybridized carbons (Fsp3) is 0.667. The van der Waals surface area contributed by atoms with Crippen molar-refractivity contribution < 1.29 is 4.39 Å². The van der Waals surface area contributed by atoms with E-state index in [-0.39, 0.29) is 6.04 Å². The third kappa shape index (κ3) is 1.59. The van der Waals surface area contributed by atoms with Crippen molar-refractivity contribution in [1.29, 1.82) is 0 Å². The molecule has 0 radical (unpaired) electrons. The van der Waals surface area contributed by atoms with Crippen LogP contribution in [0.1, 0.15) is 20.3 Å². The molecule has 1 heterocycles. The molecule has 2 nitrogen and oxygen atoms in total. The standard InChI is InChI=1S/C6H9FN2/c1-4-3-5(2)9-6(7)8-4/h4H,3H2,1-2H3/t4-/m0/s1. The van der Waals surface area contributed by atoms with E-state index in [1.807, 2.05) is 13.8 Å². The summed E-state index contributed by atoms with van der Waals surface area (Å²) in [5, 5.41) is 0. The largest absolute Gasteiger partial charge is 0.304 e. The summed E-state index contributed by atoms with van der Waals surface area (Å²) in [4.78, 5) is 7.13. The molecule has 0 spiro atoms. The highest BCUT2D eigenvalue weighted by atomic mass is 19.1. The molecule has 1 atom stereocenters. The molecule has 0 fully saturated rings. The number of amidine groups is 1. The quantitative estimate of drug-likeness (QED) is 0.442. The van der Waals surface area contributed by atoms with Crippen molar-refractivity contribution in [2.24, 2.45) is 9.98 Å². The number of nitrogens with zero attached hydrogens (tertiary/aromatic N) is 2. The summed E-state index contributed by atoms with van der Waals surface area (Å²) in [5.74, 6) is 0. The normalized spacial score (nSPS) is 27.2. The number of aliphatic imine (C=N–C) groups is 2. The Morgan fingerprint density at radius 1 is 1.67 bits per heavy atom. The van der Waals surface area contributed by atoms with E-state index in [9.17, 15) is 4.39 Å². The van der Waals surface area contributed by atoms with Gasteiger partial charge in [0.05, 0.1) is 6.04 Å². The van der Waals surface area contributed by atoms with Crippen molar-refractivity contribution >= 4 is 11.8 Å². The van der Waals surface area contributed by atoms with E-state index in [0.29, 0.717) is 0 Å². The van der Waals surface area contributed by atoms with Crippen LogP contribution in [-0.4, -0.2) is 17.8 Å². The van der Waals surface area contributed by atoms with Crippen molar-refractivity contribution in [3.05, 3.63) is 0 Å². The van der Waals surface area contributed by atoms with Crippen LogP contribution >= 0.6 is 0 Å². The highest BCUT2D eigenvalue weighted by Gasteiger charge is 2.09. The lowest BCUT2D eigenvalue weighted by Gasteiger charge is -2.09. The second-order valence-corrected chi connectivity index (χ2v) is 2.30. The van der Waals surface area contributed by atoms with Crippen LogP contribution in [0.4, 0.5) is 4.39 Å². The molecule has 0 aromatic heterocycles. The van der Waals surface area contributed by atoms with E-state index in [2.05, 4.69) is 9.98 Å². The van der Waals surface area contributed by atoms with Gasteiger partial charge in [-0.15, -0.1) is 0 Å². The van der Waals surface area contributed by atoms with E-state index in [4.69, 9.17) is 0 Å². The third-order valence-electron chi connectivity index (χ3n) is 1.20. The average Bonchev–Trinajstić information content (AvgIpc) is 1.59. The lowest BCUT2D eigenvalue weighted by atomic mass is 10.2. The molecule has 1 aliphatic rings. The Kier molecular flexibility index (Phi) is 1.60. The van der Waals surface area contributed by atoms with E-state index in [1.54, 1.807) is 0 Å². The molecule has 0 saturated heterocycles. The Labute approximate surface area is 53.5 Å². The minimum Gasteiger partial charge on any atom is -0.237 e. The summed E-state index contributed by atoms with van der Waals surface area (Å²) < 4.78 is 12.2. The monoisotopic (exact) mass is 128 g/mol. The highest BCUT2D eigenvalue weighted by Crippen LogP contribution is 2.06. The van der Waals surface area contributed by atoms with Gasteiger partial charge in [-0.25, -0.2) is 9.98 Å². The van der Waals surface area contributed by atoms with Gasteiger partial charge in [0.15, 0.2) is 0 Å². The zero-order valence-corrected chi connectivity index (χ0v) is 5.56. The summed E-state index contributed by atoms with van der Waals surface area (Å²) >= 11 is 0. The van der Waals surface area contributed by atoms with Crippen LogP contribution in [0, 0.1) is 0 Å². The Morgan fingerprint density at radius 2 is 2.33 bits per heavy atom. The van der Waals surface area contributed by atoms with E-state index in [0.717, 1.165) is 12.1 Å². The first kappa shape index (κ1) is 6.39. The molecular formula is C6H9FN2. The Balaban J connectivity index is 2.74. The van der Waals surface area contributed by atoms with Crippen LogP contribution in [-0.2, 0) is 0 Å². The van der Waals surface area contributed by atoms with Gasteiger partial charge in [-0.1, -0.05) is 0 Å². The molecule has 0 aromatic carbocycles. The number of hydrogen-bond donors (Lipinski definition) is 0. The number of rotatable bonds is 0. The van der Waals surface area contributed by atoms with Crippen LogP contribution in [0.3, 0.4) is 0 Å². The van der Waals surface area contributed by atoms with Gasteiger partial charge in [0.2, 0.25) is 0 Å². The first-order chi connectivity index (χ1) is 4.18. The summed E-state index contributed by atoms with van der Waals surface area (Å²) in [6.07, 6.45) is 0.208. The Bertz CT molecular complexity index is 172. The molecule has 1 aliphatic heterocycles. The van der Waals surface area contributed by atoms with Crippen LogP contribution in [0.2, 0.25) is 0 Å². The van der Waals surface area contributed by atoms with Crippen molar-refractivity contribution in [2.75, 3.05) is 0 Å². The van der Waals surface area contributed by atoms with Crippen molar-refractivity contribution in [3.63, 3.8) is 0 Å². The van der Waals surface area contributed by atoms with Gasteiger partial charge in [-0.05, 0) is 13.8 Å². The lowest BCUT2D eigenvalue weighted by molar-refractivity contribution is 0.698. The molecule has 0 unspecified atom stereocenters. The van der Waals surface area contributed by atoms with Crippen LogP contribution in [0.25, 0.3) is 0 Å². The number of halogens is 1. The van der Waals surface area contributed by atoms with Crippen LogP contribution < -0.4 is 0 Å². The average molecular weight is 128 g/mol.